The molecule has 0 amide bonds. The fraction of sp³-hybridized carbons (Fsp3) is 0.0556. The minimum absolute atomic E-state index is 0. The normalized spacial score (nSPS) is 8.08. The first-order valence-electron chi connectivity index (χ1n) is 26.3. The van der Waals surface area contributed by atoms with Gasteiger partial charge < -0.3 is 209 Å². The Bertz CT molecular complexity index is 2770. The molecule has 544 valence electrons. The molecule has 0 spiro atoms. The van der Waals surface area contributed by atoms with Crippen LogP contribution in [0.4, 0.5) is 0 Å². The van der Waals surface area contributed by atoms with Crippen LogP contribution in [-0.4, -0.2) is 121 Å². The monoisotopic (exact) mass is 2240 g/mol. The number of aliphatic hydroxyl groups excluding tert-OH is 2. The van der Waals surface area contributed by atoms with Gasteiger partial charge in [-0.25, -0.2) is 48.5 Å². The summed E-state index contributed by atoms with van der Waals surface area (Å²) in [5, 5.41) is 32.1. The van der Waals surface area contributed by atoms with Crippen LogP contribution >= 0.6 is 31.7 Å². The Hall–Kier alpha value is 1.75. The van der Waals surface area contributed by atoms with Crippen LogP contribution in [-0.2, 0) is 34.1 Å². The fourth-order valence-electron chi connectivity index (χ4n) is 8.46. The van der Waals surface area contributed by atoms with Crippen molar-refractivity contribution in [3.63, 3.8) is 0 Å². The van der Waals surface area contributed by atoms with E-state index in [1.807, 2.05) is 0 Å². The van der Waals surface area contributed by atoms with Crippen molar-refractivity contribution >= 4 is 193 Å². The van der Waals surface area contributed by atoms with E-state index in [0.717, 1.165) is 0 Å². The molecule has 2 N–H and O–H groups in total. The molecule has 28 heteroatoms. The van der Waals surface area contributed by atoms with Gasteiger partial charge in [0.25, 0.3) is 0 Å². The Kier molecular flexibility index (Phi) is 121. The number of hydrogen-bond donors (Lipinski definition) is 2. The van der Waals surface area contributed by atoms with E-state index in [1.54, 1.807) is 13.8 Å². The maximum absolute atomic E-state index is 7.57. The summed E-state index contributed by atoms with van der Waals surface area (Å²) in [6.45, 7) is 3.86. The van der Waals surface area contributed by atoms with Crippen LogP contribution in [0, 0.1) is 0 Å². The van der Waals surface area contributed by atoms with E-state index in [4.69, 9.17) is 10.2 Å². The number of aliphatic hydroxyl groups is 2. The van der Waals surface area contributed by atoms with Crippen LogP contribution in [0.2, 0.25) is 0 Å². The Morgan fingerprint density at radius 3 is 0.360 bits per heavy atom. The van der Waals surface area contributed by atoms with Gasteiger partial charge in [-0.05, 0) is 56.3 Å². The summed E-state index contributed by atoms with van der Waals surface area (Å²) in [6, 6.07) is 121. The zero-order valence-electron chi connectivity index (χ0n) is 53.0. The van der Waals surface area contributed by atoms with Crippen molar-refractivity contribution in [3.05, 3.63) is 340 Å². The molecule has 0 bridgehead atoms. The first kappa shape index (κ1) is 140. The zero-order valence-corrected chi connectivity index (χ0v) is 81.1. The molecule has 0 aromatic heterocycles. The van der Waals surface area contributed by atoms with Gasteiger partial charge in [0.05, 0.1) is 0 Å². The van der Waals surface area contributed by atoms with E-state index in [2.05, 4.69) is 340 Å². The van der Waals surface area contributed by atoms with Gasteiger partial charge >= 0.3 is 83.0 Å². The van der Waals surface area contributed by atoms with E-state index in [9.17, 15) is 0 Å². The topological polar surface area (TPSA) is 40.5 Å². The van der Waals surface area contributed by atoms with E-state index >= 15 is 0 Å². The van der Waals surface area contributed by atoms with Crippen molar-refractivity contribution in [3.8, 4) is 0 Å². The Morgan fingerprint density at radius 2 is 0.280 bits per heavy atom. The maximum Gasteiger partial charge on any atom is 3.00 e. The van der Waals surface area contributed by atoms with Gasteiger partial charge in [0.15, 0.2) is 0 Å². The standard InChI is InChI=1S/4C17H14P.2C2H6O.16ClH.2Fe.4Sb/c4*1-3-9-15(10-4-1)18(17-13-7-8-14-17)16-11-5-2-6-12-16;2*1-2-3;;;;;;;;;;;;;;;;;;;;;;/h4*1-14H;2*3H,2H2,1H3;16*1H;;;;;;/q4*-1;;;;;;;;;;;;;;;;;;;2*+3;;;2*+3/p-16. The largest absolute Gasteiger partial charge is 3.00 e. The van der Waals surface area contributed by atoms with Crippen LogP contribution < -0.4 is 262 Å². The number of benzene rings is 8. The molecule has 2 nitrogen and oxygen atoms in total. The quantitative estimate of drug-likeness (QED) is 0.0727. The summed E-state index contributed by atoms with van der Waals surface area (Å²) in [6.07, 6.45) is 0. The van der Waals surface area contributed by atoms with Gasteiger partial charge in [0.1, 0.15) is 0 Å². The molecule has 0 heterocycles. The number of hydrogen-bond acceptors (Lipinski definition) is 2. The molecule has 12 aromatic carbocycles. The summed E-state index contributed by atoms with van der Waals surface area (Å²) < 4.78 is 0. The summed E-state index contributed by atoms with van der Waals surface area (Å²) >= 11 is 0. The minimum Gasteiger partial charge on any atom is -1.00 e. The van der Waals surface area contributed by atoms with Crippen molar-refractivity contribution in [1.29, 1.82) is 0 Å². The average Bonchev–Trinajstić information content (AvgIpc) is 1.51. The van der Waals surface area contributed by atoms with Crippen molar-refractivity contribution in [2.75, 3.05) is 13.2 Å². The Morgan fingerprint density at radius 1 is 0.200 bits per heavy atom. The summed E-state index contributed by atoms with van der Waals surface area (Å²) in [5.74, 6) is 0. The summed E-state index contributed by atoms with van der Waals surface area (Å²) in [5.41, 5.74) is 0. The van der Waals surface area contributed by atoms with Gasteiger partial charge in [0.2, 0.25) is 0 Å². The molecule has 12 rings (SSSR count). The van der Waals surface area contributed by atoms with Crippen molar-refractivity contribution in [1.82, 2.24) is 0 Å². The van der Waals surface area contributed by atoms with Gasteiger partial charge in [-0.2, -0.15) is 48.5 Å². The smallest absolute Gasteiger partial charge is 1.00 e. The van der Waals surface area contributed by atoms with Crippen molar-refractivity contribution in [2.45, 2.75) is 13.8 Å². The molecule has 0 fully saturated rings. The van der Waals surface area contributed by atoms with Crippen LogP contribution in [0.15, 0.2) is 340 Å². The van der Waals surface area contributed by atoms with Crippen molar-refractivity contribution in [2.24, 2.45) is 0 Å². The van der Waals surface area contributed by atoms with Crippen LogP contribution in [0.5, 0.6) is 0 Å². The predicted octanol–water partition coefficient (Wildman–Crippen LogP) is -36.8. The van der Waals surface area contributed by atoms with Gasteiger partial charge in [-0.3, -0.25) is 0 Å². The first-order chi connectivity index (χ1) is 38.6. The van der Waals surface area contributed by atoms with Crippen molar-refractivity contribution < 1.29 is 243 Å². The van der Waals surface area contributed by atoms with Crippen LogP contribution in [0.3, 0.4) is 0 Å². The molecule has 12 aromatic rings. The molecule has 0 aliphatic heterocycles. The molecule has 12 radical (unpaired) electrons. The van der Waals surface area contributed by atoms with Gasteiger partial charge in [-0.1, -0.05) is 274 Å². The minimum atomic E-state index is -0.409. The molecular weight excluding hydrogens is 2190 g/mol. The second kappa shape index (κ2) is 86.3. The van der Waals surface area contributed by atoms with Crippen LogP contribution in [0.1, 0.15) is 13.8 Å². The van der Waals surface area contributed by atoms with Gasteiger partial charge in [-0.15, -0.1) is 21.2 Å². The van der Waals surface area contributed by atoms with E-state index < -0.39 is 31.7 Å². The molecule has 0 aliphatic rings. The second-order valence-corrected chi connectivity index (χ2v) is 26.1. The Balaban J connectivity index is -0.0000000610. The molecule has 0 atom stereocenters. The molecule has 0 unspecified atom stereocenters. The molecule has 0 aliphatic carbocycles. The van der Waals surface area contributed by atoms with Gasteiger partial charge in [0, 0.05) is 62.1 Å². The number of halogens is 16. The molecule has 100 heavy (non-hydrogen) atoms. The fourth-order valence-corrected chi connectivity index (χ4v) is 17.7. The maximum atomic E-state index is 7.57. The van der Waals surface area contributed by atoms with Crippen LogP contribution in [0.25, 0.3) is 0 Å². The molecule has 0 saturated heterocycles. The third kappa shape index (κ3) is 48.4. The Labute approximate surface area is 791 Å². The predicted molar refractivity (Wildman–Crippen MR) is 371 cm³/mol. The van der Waals surface area contributed by atoms with E-state index in [0.29, 0.717) is 0 Å². The first-order valence-corrected chi connectivity index (χ1v) is 31.7. The molecule has 0 saturated carbocycles. The average molecular weight is 2260 g/mol. The second-order valence-electron chi connectivity index (χ2n) is 17.2. The third-order valence-electron chi connectivity index (χ3n) is 11.7. The van der Waals surface area contributed by atoms with E-state index in [1.165, 1.54) is 63.7 Å². The summed E-state index contributed by atoms with van der Waals surface area (Å²) in [7, 11) is -1.64. The SMILES string of the molecule is CCO.CCO.[Cl-].[Cl-].[Cl-].[Cl-].[Cl-].[Cl-].[Cl-].[Cl-].[Cl-].[Cl-].[Cl-].[Cl-].[Cl-].[Cl-].[Cl-].[Cl-].[Fe+3].[Fe+3].[Sb+3].[Sb+3].[Sb].[Sb].c1ccc(P(c2ccccc2)[c-]2cccc2)cc1.c1ccc(P(c2ccccc2)[c-]2cccc2)cc1.c1ccc(P(c2ccccc2)[c-]2cccc2)cc1.c1ccc(P(c2ccccc2)[c-]2cccc2)cc1. The third-order valence-corrected chi connectivity index (χ3v) is 21.5. The van der Waals surface area contributed by atoms with E-state index in [-0.39, 0.29) is 344 Å². The summed E-state index contributed by atoms with van der Waals surface area (Å²) in [4.78, 5) is 0. The molecular formula is C72H68Cl16Fe2O2P4Sb4-8. The zero-order chi connectivity index (χ0) is 54.2. The number of rotatable bonds is 12.